The number of rotatable bonds is 9. The highest BCUT2D eigenvalue weighted by Gasteiger charge is 2.33. The SMILES string of the molecule is Cc1ccc(S(=O)(=O)N(CC(=O)N(Cc2ccccc2Cl)C(C)C(=O)NC(C)(C)C)c2ccc(F)cc2)cc1. The van der Waals surface area contributed by atoms with Crippen molar-refractivity contribution in [3.63, 3.8) is 0 Å². The fourth-order valence-electron chi connectivity index (χ4n) is 3.84. The van der Waals surface area contributed by atoms with Gasteiger partial charge in [-0.3, -0.25) is 13.9 Å². The Morgan fingerprint density at radius 2 is 1.56 bits per heavy atom. The third kappa shape index (κ3) is 7.80. The summed E-state index contributed by atoms with van der Waals surface area (Å²) in [4.78, 5) is 28.3. The summed E-state index contributed by atoms with van der Waals surface area (Å²) in [5.41, 5.74) is 1.01. The van der Waals surface area contributed by atoms with Crippen molar-refractivity contribution in [2.75, 3.05) is 10.8 Å². The van der Waals surface area contributed by atoms with Gasteiger partial charge in [0.2, 0.25) is 11.8 Å². The number of amides is 2. The molecule has 7 nitrogen and oxygen atoms in total. The number of carbonyl (C=O) groups is 2. The number of nitrogens with one attached hydrogen (secondary N) is 1. The van der Waals surface area contributed by atoms with Crippen molar-refractivity contribution in [3.05, 3.63) is 94.8 Å². The van der Waals surface area contributed by atoms with Gasteiger partial charge in [-0.15, -0.1) is 0 Å². The van der Waals surface area contributed by atoms with E-state index in [1.54, 1.807) is 43.3 Å². The van der Waals surface area contributed by atoms with Gasteiger partial charge in [0.05, 0.1) is 10.6 Å². The zero-order valence-electron chi connectivity index (χ0n) is 22.6. The molecule has 0 radical (unpaired) electrons. The van der Waals surface area contributed by atoms with Crippen molar-refractivity contribution in [1.82, 2.24) is 10.2 Å². The molecule has 0 aliphatic carbocycles. The number of halogens is 2. The number of sulfonamides is 1. The standard InChI is InChI=1S/C29H33ClFN3O4S/c1-20-10-16-25(17-11-20)39(37,38)34(24-14-12-23(31)13-15-24)19-27(35)33(18-22-8-6-7-9-26(22)30)21(2)28(36)32-29(3,4)5/h6-17,21H,18-19H2,1-5H3,(H,32,36). The van der Waals surface area contributed by atoms with E-state index in [0.717, 1.165) is 22.0 Å². The van der Waals surface area contributed by atoms with Gasteiger partial charge in [-0.1, -0.05) is 47.5 Å². The van der Waals surface area contributed by atoms with Crippen LogP contribution in [0.5, 0.6) is 0 Å². The summed E-state index contributed by atoms with van der Waals surface area (Å²) in [6.45, 7) is 8.21. The van der Waals surface area contributed by atoms with Crippen molar-refractivity contribution < 1.29 is 22.4 Å². The Bertz CT molecular complexity index is 1420. The Kier molecular flexibility index (Phi) is 9.40. The minimum absolute atomic E-state index is 0.0265. The van der Waals surface area contributed by atoms with Gasteiger partial charge in [0.1, 0.15) is 18.4 Å². The highest BCUT2D eigenvalue weighted by Crippen LogP contribution is 2.26. The fourth-order valence-corrected chi connectivity index (χ4v) is 5.45. The van der Waals surface area contributed by atoms with Gasteiger partial charge in [0.25, 0.3) is 10.0 Å². The van der Waals surface area contributed by atoms with E-state index < -0.39 is 45.8 Å². The van der Waals surface area contributed by atoms with Crippen molar-refractivity contribution in [3.8, 4) is 0 Å². The van der Waals surface area contributed by atoms with E-state index in [9.17, 15) is 22.4 Å². The second-order valence-corrected chi connectivity index (χ2v) is 12.6. The number of carbonyl (C=O) groups excluding carboxylic acids is 2. The molecule has 2 amide bonds. The molecule has 39 heavy (non-hydrogen) atoms. The van der Waals surface area contributed by atoms with Gasteiger partial charge in [0.15, 0.2) is 0 Å². The molecular weight excluding hydrogens is 541 g/mol. The van der Waals surface area contributed by atoms with E-state index in [2.05, 4.69) is 5.32 Å². The van der Waals surface area contributed by atoms with Gasteiger partial charge in [0, 0.05) is 17.1 Å². The molecule has 208 valence electrons. The molecule has 0 saturated carbocycles. The van der Waals surface area contributed by atoms with Crippen LogP contribution in [0, 0.1) is 12.7 Å². The van der Waals surface area contributed by atoms with Gasteiger partial charge >= 0.3 is 0 Å². The molecule has 0 heterocycles. The molecule has 3 aromatic carbocycles. The van der Waals surface area contributed by atoms with E-state index in [4.69, 9.17) is 11.6 Å². The predicted molar refractivity (Wildman–Crippen MR) is 151 cm³/mol. The van der Waals surface area contributed by atoms with Crippen molar-refractivity contribution >= 4 is 39.1 Å². The largest absolute Gasteiger partial charge is 0.350 e. The second-order valence-electron chi connectivity index (χ2n) is 10.3. The summed E-state index contributed by atoms with van der Waals surface area (Å²) >= 11 is 6.37. The molecular formula is C29H33ClFN3O4S. The minimum Gasteiger partial charge on any atom is -0.350 e. The molecule has 0 aromatic heterocycles. The quantitative estimate of drug-likeness (QED) is 0.376. The van der Waals surface area contributed by atoms with E-state index in [-0.39, 0.29) is 17.1 Å². The summed E-state index contributed by atoms with van der Waals surface area (Å²) in [5.74, 6) is -1.59. The summed E-state index contributed by atoms with van der Waals surface area (Å²) in [6, 6.07) is 17.0. The third-order valence-electron chi connectivity index (χ3n) is 5.97. The number of hydrogen-bond acceptors (Lipinski definition) is 4. The van der Waals surface area contributed by atoms with Gasteiger partial charge < -0.3 is 10.2 Å². The number of benzene rings is 3. The first-order chi connectivity index (χ1) is 18.2. The van der Waals surface area contributed by atoms with Gasteiger partial charge in [-0.05, 0) is 82.6 Å². The zero-order chi connectivity index (χ0) is 29.0. The average molecular weight is 574 g/mol. The van der Waals surface area contributed by atoms with Crippen LogP contribution in [0.15, 0.2) is 77.7 Å². The molecule has 3 rings (SSSR count). The minimum atomic E-state index is -4.23. The lowest BCUT2D eigenvalue weighted by Crippen LogP contribution is -2.54. The highest BCUT2D eigenvalue weighted by atomic mass is 35.5. The smallest absolute Gasteiger partial charge is 0.264 e. The molecule has 10 heteroatoms. The molecule has 0 spiro atoms. The molecule has 0 aliphatic rings. The number of aryl methyl sites for hydroxylation is 1. The molecule has 3 aromatic rings. The average Bonchev–Trinajstić information content (AvgIpc) is 2.86. The maximum absolute atomic E-state index is 13.9. The summed E-state index contributed by atoms with van der Waals surface area (Å²) < 4.78 is 42.1. The van der Waals surface area contributed by atoms with Crippen molar-refractivity contribution in [1.29, 1.82) is 0 Å². The number of hydrogen-bond donors (Lipinski definition) is 1. The van der Waals surface area contributed by atoms with Crippen LogP contribution in [0.1, 0.15) is 38.8 Å². The molecule has 0 aliphatic heterocycles. The van der Waals surface area contributed by atoms with Crippen LogP contribution in [0.3, 0.4) is 0 Å². The first-order valence-electron chi connectivity index (χ1n) is 12.4. The predicted octanol–water partition coefficient (Wildman–Crippen LogP) is 5.31. The Morgan fingerprint density at radius 3 is 2.13 bits per heavy atom. The lowest BCUT2D eigenvalue weighted by molar-refractivity contribution is -0.140. The highest BCUT2D eigenvalue weighted by molar-refractivity contribution is 7.92. The van der Waals surface area contributed by atoms with E-state index in [0.29, 0.717) is 10.6 Å². The molecule has 0 saturated heterocycles. The van der Waals surface area contributed by atoms with Crippen LogP contribution in [0.25, 0.3) is 0 Å². The summed E-state index contributed by atoms with van der Waals surface area (Å²) in [6.07, 6.45) is 0. The molecule has 0 bridgehead atoms. The van der Waals surface area contributed by atoms with Crippen LogP contribution in [0.4, 0.5) is 10.1 Å². The molecule has 1 atom stereocenters. The Hall–Kier alpha value is -3.43. The third-order valence-corrected chi connectivity index (χ3v) is 8.12. The zero-order valence-corrected chi connectivity index (χ0v) is 24.2. The topological polar surface area (TPSA) is 86.8 Å². The van der Waals surface area contributed by atoms with Crippen LogP contribution in [-0.4, -0.2) is 43.3 Å². The van der Waals surface area contributed by atoms with Crippen LogP contribution in [-0.2, 0) is 26.2 Å². The first-order valence-corrected chi connectivity index (χ1v) is 14.2. The molecule has 1 N–H and O–H groups in total. The first kappa shape index (κ1) is 30.1. The molecule has 0 fully saturated rings. The lowest BCUT2D eigenvalue weighted by Gasteiger charge is -2.33. The van der Waals surface area contributed by atoms with Crippen molar-refractivity contribution in [2.24, 2.45) is 0 Å². The number of anilines is 1. The van der Waals surface area contributed by atoms with Gasteiger partial charge in [-0.2, -0.15) is 0 Å². The summed E-state index contributed by atoms with van der Waals surface area (Å²) in [5, 5.41) is 3.27. The van der Waals surface area contributed by atoms with Crippen LogP contribution < -0.4 is 9.62 Å². The maximum atomic E-state index is 13.9. The van der Waals surface area contributed by atoms with E-state index >= 15 is 0 Å². The fraction of sp³-hybridized carbons (Fsp3) is 0.310. The van der Waals surface area contributed by atoms with Crippen LogP contribution in [0.2, 0.25) is 5.02 Å². The Balaban J connectivity index is 2.04. The van der Waals surface area contributed by atoms with Crippen molar-refractivity contribution in [2.45, 2.75) is 57.6 Å². The Labute approximate surface area is 234 Å². The summed E-state index contributed by atoms with van der Waals surface area (Å²) in [7, 11) is -4.23. The van der Waals surface area contributed by atoms with E-state index in [1.807, 2.05) is 27.7 Å². The second kappa shape index (κ2) is 12.2. The van der Waals surface area contributed by atoms with Gasteiger partial charge in [-0.25, -0.2) is 12.8 Å². The van der Waals surface area contributed by atoms with E-state index in [1.165, 1.54) is 29.2 Å². The monoisotopic (exact) mass is 573 g/mol. The number of nitrogens with zero attached hydrogens (tertiary/aromatic N) is 2. The lowest BCUT2D eigenvalue weighted by atomic mass is 10.1. The maximum Gasteiger partial charge on any atom is 0.264 e. The molecule has 1 unspecified atom stereocenters. The van der Waals surface area contributed by atoms with Crippen LogP contribution >= 0.6 is 11.6 Å². The Morgan fingerprint density at radius 1 is 0.974 bits per heavy atom. The normalized spacial score (nSPS) is 12.5.